The Morgan fingerprint density at radius 2 is 2.25 bits per heavy atom. The molecule has 0 saturated heterocycles. The second kappa shape index (κ2) is 3.92. The predicted molar refractivity (Wildman–Crippen MR) is 53.7 cm³/mol. The van der Waals surface area contributed by atoms with Crippen molar-refractivity contribution in [1.82, 2.24) is 4.98 Å². The third-order valence-corrected chi connectivity index (χ3v) is 2.01. The van der Waals surface area contributed by atoms with Crippen molar-refractivity contribution in [2.24, 2.45) is 0 Å². The van der Waals surface area contributed by atoms with Gasteiger partial charge in [0.15, 0.2) is 0 Å². The topological polar surface area (TPSA) is 12.9 Å². The second-order valence-corrected chi connectivity index (χ2v) is 3.21. The van der Waals surface area contributed by atoms with E-state index in [0.29, 0.717) is 11.0 Å². The van der Waals surface area contributed by atoms with E-state index in [1.165, 1.54) is 0 Å². The first-order valence-electron chi connectivity index (χ1n) is 3.52. The van der Waals surface area contributed by atoms with Crippen LogP contribution in [-0.4, -0.2) is 10.9 Å². The van der Waals surface area contributed by atoms with Gasteiger partial charge in [0.1, 0.15) is 5.15 Å². The van der Waals surface area contributed by atoms with Gasteiger partial charge in [0, 0.05) is 11.6 Å². The van der Waals surface area contributed by atoms with Gasteiger partial charge >= 0.3 is 0 Å². The Morgan fingerprint density at radius 3 is 2.75 bits per heavy atom. The number of alkyl halides is 1. The molecule has 0 unspecified atom stereocenters. The Kier molecular flexibility index (Phi) is 3.12. The summed E-state index contributed by atoms with van der Waals surface area (Å²) in [5.41, 5.74) is 2.70. The molecule has 0 spiro atoms. The minimum absolute atomic E-state index is 0.416. The molecular formula is C9H9Cl2N. The Hall–Kier alpha value is -0.530. The Labute approximate surface area is 82.0 Å². The standard InChI is InChI=1S/C9H9Cl2N/c1-6(5-10)8-3-7(2)12-9(11)4-8/h3-4H,1,5H2,2H3. The predicted octanol–water partition coefficient (Wildman–Crippen LogP) is 3.30. The maximum Gasteiger partial charge on any atom is 0.129 e. The van der Waals surface area contributed by atoms with E-state index in [4.69, 9.17) is 23.2 Å². The lowest BCUT2D eigenvalue weighted by Gasteiger charge is -2.02. The molecule has 0 saturated carbocycles. The number of hydrogen-bond acceptors (Lipinski definition) is 1. The summed E-state index contributed by atoms with van der Waals surface area (Å²) in [5.74, 6) is 0.416. The number of pyridine rings is 1. The fourth-order valence-corrected chi connectivity index (χ4v) is 1.31. The van der Waals surface area contributed by atoms with Crippen LogP contribution < -0.4 is 0 Å². The Balaban J connectivity index is 3.08. The minimum Gasteiger partial charge on any atom is -0.241 e. The third-order valence-electron chi connectivity index (χ3n) is 1.49. The van der Waals surface area contributed by atoms with Crippen LogP contribution in [-0.2, 0) is 0 Å². The molecule has 0 bridgehead atoms. The summed E-state index contributed by atoms with van der Waals surface area (Å²) in [7, 11) is 0. The monoisotopic (exact) mass is 201 g/mol. The van der Waals surface area contributed by atoms with Gasteiger partial charge in [0.2, 0.25) is 0 Å². The van der Waals surface area contributed by atoms with Gasteiger partial charge in [-0.2, -0.15) is 0 Å². The van der Waals surface area contributed by atoms with Gasteiger partial charge in [-0.3, -0.25) is 0 Å². The van der Waals surface area contributed by atoms with Crippen molar-refractivity contribution in [3.63, 3.8) is 0 Å². The van der Waals surface area contributed by atoms with Gasteiger partial charge in [-0.25, -0.2) is 4.98 Å². The van der Waals surface area contributed by atoms with Crippen LogP contribution in [0.4, 0.5) is 0 Å². The van der Waals surface area contributed by atoms with Crippen molar-refractivity contribution in [2.45, 2.75) is 6.92 Å². The van der Waals surface area contributed by atoms with Crippen LogP contribution in [0.25, 0.3) is 5.57 Å². The molecular weight excluding hydrogens is 193 g/mol. The number of nitrogens with zero attached hydrogens (tertiary/aromatic N) is 1. The first-order chi connectivity index (χ1) is 5.63. The van der Waals surface area contributed by atoms with Crippen molar-refractivity contribution in [2.75, 3.05) is 5.88 Å². The van der Waals surface area contributed by atoms with Crippen molar-refractivity contribution in [3.05, 3.63) is 35.1 Å². The van der Waals surface area contributed by atoms with E-state index in [9.17, 15) is 0 Å². The van der Waals surface area contributed by atoms with E-state index in [-0.39, 0.29) is 0 Å². The molecule has 0 aliphatic rings. The molecule has 0 fully saturated rings. The van der Waals surface area contributed by atoms with Gasteiger partial charge in [0.25, 0.3) is 0 Å². The second-order valence-electron chi connectivity index (χ2n) is 2.56. The third kappa shape index (κ3) is 2.23. The Morgan fingerprint density at radius 1 is 1.58 bits per heavy atom. The summed E-state index contributed by atoms with van der Waals surface area (Å²) in [4.78, 5) is 4.03. The van der Waals surface area contributed by atoms with Gasteiger partial charge in [0.05, 0.1) is 0 Å². The Bertz CT molecular complexity index is 287. The smallest absolute Gasteiger partial charge is 0.129 e. The maximum atomic E-state index is 5.76. The highest BCUT2D eigenvalue weighted by Crippen LogP contribution is 2.18. The van der Waals surface area contributed by atoms with E-state index in [1.807, 2.05) is 13.0 Å². The van der Waals surface area contributed by atoms with Crippen molar-refractivity contribution in [3.8, 4) is 0 Å². The number of hydrogen-bond donors (Lipinski definition) is 0. The average molecular weight is 202 g/mol. The lowest BCUT2D eigenvalue weighted by atomic mass is 10.1. The van der Waals surface area contributed by atoms with Gasteiger partial charge in [-0.1, -0.05) is 18.2 Å². The summed E-state index contributed by atoms with van der Waals surface area (Å²) in [6.45, 7) is 5.69. The molecule has 1 aromatic heterocycles. The van der Waals surface area contributed by atoms with E-state index in [2.05, 4.69) is 11.6 Å². The average Bonchev–Trinajstić information content (AvgIpc) is 2.01. The molecule has 0 atom stereocenters. The summed E-state index contributed by atoms with van der Waals surface area (Å²) >= 11 is 11.4. The minimum atomic E-state index is 0.416. The SMILES string of the molecule is C=C(CCl)c1cc(C)nc(Cl)c1. The fourth-order valence-electron chi connectivity index (χ4n) is 0.909. The van der Waals surface area contributed by atoms with Crippen LogP contribution in [0.15, 0.2) is 18.7 Å². The number of aryl methyl sites for hydroxylation is 1. The zero-order valence-electron chi connectivity index (χ0n) is 6.77. The first-order valence-corrected chi connectivity index (χ1v) is 4.43. The normalized spacial score (nSPS) is 9.92. The summed E-state index contributed by atoms with van der Waals surface area (Å²) in [6, 6.07) is 3.68. The molecule has 1 nitrogen and oxygen atoms in total. The van der Waals surface area contributed by atoms with Crippen molar-refractivity contribution in [1.29, 1.82) is 0 Å². The quantitative estimate of drug-likeness (QED) is 0.529. The highest BCUT2D eigenvalue weighted by atomic mass is 35.5. The molecule has 0 radical (unpaired) electrons. The fraction of sp³-hybridized carbons (Fsp3) is 0.222. The zero-order valence-corrected chi connectivity index (χ0v) is 8.28. The van der Waals surface area contributed by atoms with E-state index in [0.717, 1.165) is 16.8 Å². The molecule has 1 heterocycles. The number of aromatic nitrogens is 1. The molecule has 3 heteroatoms. The van der Waals surface area contributed by atoms with Crippen LogP contribution in [0, 0.1) is 6.92 Å². The largest absolute Gasteiger partial charge is 0.241 e. The molecule has 0 N–H and O–H groups in total. The zero-order chi connectivity index (χ0) is 9.14. The van der Waals surface area contributed by atoms with E-state index < -0.39 is 0 Å². The lowest BCUT2D eigenvalue weighted by molar-refractivity contribution is 1.19. The molecule has 1 aromatic rings. The molecule has 0 aromatic carbocycles. The van der Waals surface area contributed by atoms with E-state index in [1.54, 1.807) is 6.07 Å². The van der Waals surface area contributed by atoms with Gasteiger partial charge < -0.3 is 0 Å². The van der Waals surface area contributed by atoms with Crippen LogP contribution in [0.3, 0.4) is 0 Å². The van der Waals surface area contributed by atoms with E-state index >= 15 is 0 Å². The highest BCUT2D eigenvalue weighted by Gasteiger charge is 2.00. The summed E-state index contributed by atoms with van der Waals surface area (Å²) < 4.78 is 0. The molecule has 1 rings (SSSR count). The first kappa shape index (κ1) is 9.56. The van der Waals surface area contributed by atoms with Crippen LogP contribution in [0.5, 0.6) is 0 Å². The number of allylic oxidation sites excluding steroid dienone is 1. The number of halogens is 2. The molecule has 64 valence electrons. The lowest BCUT2D eigenvalue weighted by Crippen LogP contribution is -1.88. The van der Waals surface area contributed by atoms with Crippen LogP contribution in [0.1, 0.15) is 11.3 Å². The summed E-state index contributed by atoms with van der Waals surface area (Å²) in [5, 5.41) is 0.483. The van der Waals surface area contributed by atoms with Crippen molar-refractivity contribution < 1.29 is 0 Å². The summed E-state index contributed by atoms with van der Waals surface area (Å²) in [6.07, 6.45) is 0. The molecule has 12 heavy (non-hydrogen) atoms. The van der Waals surface area contributed by atoms with Gasteiger partial charge in [-0.15, -0.1) is 11.6 Å². The molecule has 0 aliphatic heterocycles. The van der Waals surface area contributed by atoms with Crippen LogP contribution in [0.2, 0.25) is 5.15 Å². The van der Waals surface area contributed by atoms with Gasteiger partial charge in [-0.05, 0) is 30.2 Å². The maximum absolute atomic E-state index is 5.76. The molecule has 0 aliphatic carbocycles. The van der Waals surface area contributed by atoms with Crippen molar-refractivity contribution >= 4 is 28.8 Å². The molecule has 0 amide bonds. The number of rotatable bonds is 2. The highest BCUT2D eigenvalue weighted by molar-refractivity contribution is 6.29. The van der Waals surface area contributed by atoms with Crippen LogP contribution >= 0.6 is 23.2 Å².